The number of ether oxygens (including phenoxy) is 3. The van der Waals surface area contributed by atoms with Gasteiger partial charge in [0, 0.05) is 13.0 Å². The van der Waals surface area contributed by atoms with Crippen molar-refractivity contribution in [1.29, 1.82) is 0 Å². The van der Waals surface area contributed by atoms with Gasteiger partial charge in [-0.3, -0.25) is 14.9 Å². The predicted octanol–water partition coefficient (Wildman–Crippen LogP) is 4.06. The molecule has 10 heteroatoms. The third-order valence-corrected chi connectivity index (χ3v) is 3.20. The Morgan fingerprint density at radius 3 is 2.31 bits per heavy atom. The van der Waals surface area contributed by atoms with Crippen LogP contribution < -0.4 is 14.8 Å². The van der Waals surface area contributed by atoms with Crippen LogP contribution in [0.5, 0.6) is 17.2 Å². The van der Waals surface area contributed by atoms with Crippen molar-refractivity contribution in [1.82, 2.24) is 0 Å². The van der Waals surface area contributed by atoms with Crippen LogP contribution in [0.15, 0.2) is 36.4 Å². The first-order valence-corrected chi connectivity index (χ1v) is 8.54. The number of nitrogens with one attached hydrogen (secondary N) is 1. The standard InChI is InChI=1S/C17H15FN2O7.C2H6/c1-10(21)19-12-8-16(13(20(23)24)7-11(12)18)27-15-6-4-3-5-14(15)26-9-17(22)25-2;1-2/h3-8H,9H2,1-2H3,(H,19,21);1-2H3. The molecule has 1 amide bonds. The Morgan fingerprint density at radius 1 is 1.14 bits per heavy atom. The molecule has 0 atom stereocenters. The van der Waals surface area contributed by atoms with Crippen molar-refractivity contribution >= 4 is 23.3 Å². The summed E-state index contributed by atoms with van der Waals surface area (Å²) in [5.41, 5.74) is -0.930. The van der Waals surface area contributed by atoms with Crippen LogP contribution in [0.4, 0.5) is 15.8 Å². The molecule has 1 N–H and O–H groups in total. The van der Waals surface area contributed by atoms with Gasteiger partial charge in [-0.2, -0.15) is 0 Å². The minimum atomic E-state index is -0.987. The van der Waals surface area contributed by atoms with E-state index in [2.05, 4.69) is 10.1 Å². The minimum Gasteiger partial charge on any atom is -0.478 e. The molecule has 0 fully saturated rings. The molecule has 0 spiro atoms. The summed E-state index contributed by atoms with van der Waals surface area (Å²) in [7, 11) is 1.19. The highest BCUT2D eigenvalue weighted by Gasteiger charge is 2.22. The molecule has 29 heavy (non-hydrogen) atoms. The molecule has 2 aromatic rings. The van der Waals surface area contributed by atoms with Gasteiger partial charge in [0.1, 0.15) is 0 Å². The van der Waals surface area contributed by atoms with Crippen LogP contribution in [-0.4, -0.2) is 30.5 Å². The molecule has 0 bridgehead atoms. The molecule has 0 aliphatic rings. The Labute approximate surface area is 166 Å². The number of halogens is 1. The highest BCUT2D eigenvalue weighted by Crippen LogP contribution is 2.38. The summed E-state index contributed by atoms with van der Waals surface area (Å²) >= 11 is 0. The molecule has 0 aliphatic heterocycles. The number of carbonyl (C=O) groups excluding carboxylic acids is 2. The lowest BCUT2D eigenvalue weighted by atomic mass is 10.2. The number of methoxy groups -OCH3 is 1. The topological polar surface area (TPSA) is 117 Å². The second kappa shape index (κ2) is 11.2. The molecule has 0 saturated heterocycles. The zero-order valence-electron chi connectivity index (χ0n) is 16.4. The van der Waals surface area contributed by atoms with Crippen molar-refractivity contribution in [3.63, 3.8) is 0 Å². The maximum Gasteiger partial charge on any atom is 0.343 e. The van der Waals surface area contributed by atoms with Crippen LogP contribution in [0, 0.1) is 15.9 Å². The van der Waals surface area contributed by atoms with Crippen LogP contribution >= 0.6 is 0 Å². The minimum absolute atomic E-state index is 0.0462. The third kappa shape index (κ3) is 6.76. The zero-order chi connectivity index (χ0) is 22.0. The number of nitrogens with zero attached hydrogens (tertiary/aromatic N) is 1. The Morgan fingerprint density at radius 2 is 1.76 bits per heavy atom. The van der Waals surface area contributed by atoms with E-state index in [9.17, 15) is 24.1 Å². The summed E-state index contributed by atoms with van der Waals surface area (Å²) in [4.78, 5) is 32.8. The third-order valence-electron chi connectivity index (χ3n) is 3.20. The van der Waals surface area contributed by atoms with Gasteiger partial charge in [0.15, 0.2) is 23.9 Å². The molecule has 9 nitrogen and oxygen atoms in total. The van der Waals surface area contributed by atoms with Crippen molar-refractivity contribution in [2.24, 2.45) is 0 Å². The molecular formula is C19H21FN2O7. The van der Waals surface area contributed by atoms with Crippen LogP contribution in [0.2, 0.25) is 0 Å². The summed E-state index contributed by atoms with van der Waals surface area (Å²) < 4.78 is 29.2. The van der Waals surface area contributed by atoms with Gasteiger partial charge < -0.3 is 19.5 Å². The van der Waals surface area contributed by atoms with E-state index in [0.717, 1.165) is 13.0 Å². The lowest BCUT2D eigenvalue weighted by Crippen LogP contribution is -2.13. The monoisotopic (exact) mass is 408 g/mol. The second-order valence-corrected chi connectivity index (χ2v) is 5.15. The molecule has 2 rings (SSSR count). The van der Waals surface area contributed by atoms with E-state index in [4.69, 9.17) is 9.47 Å². The first kappa shape index (κ1) is 23.3. The van der Waals surface area contributed by atoms with E-state index < -0.39 is 34.9 Å². The average Bonchev–Trinajstić information content (AvgIpc) is 2.70. The molecule has 0 aromatic heterocycles. The van der Waals surface area contributed by atoms with Crippen molar-refractivity contribution < 1.29 is 33.1 Å². The largest absolute Gasteiger partial charge is 0.478 e. The van der Waals surface area contributed by atoms with Gasteiger partial charge in [-0.25, -0.2) is 9.18 Å². The van der Waals surface area contributed by atoms with Crippen LogP contribution in [0.3, 0.4) is 0 Å². The fourth-order valence-corrected chi connectivity index (χ4v) is 2.02. The number of nitro benzene ring substituents is 1. The normalized spacial score (nSPS) is 9.55. The number of hydrogen-bond donors (Lipinski definition) is 1. The van der Waals surface area contributed by atoms with E-state index >= 15 is 0 Å². The van der Waals surface area contributed by atoms with Crippen LogP contribution in [0.25, 0.3) is 0 Å². The number of para-hydroxylation sites is 2. The van der Waals surface area contributed by atoms with E-state index in [1.807, 2.05) is 13.8 Å². The number of anilines is 1. The van der Waals surface area contributed by atoms with E-state index in [-0.39, 0.29) is 22.9 Å². The van der Waals surface area contributed by atoms with Crippen molar-refractivity contribution in [2.75, 3.05) is 19.0 Å². The lowest BCUT2D eigenvalue weighted by Gasteiger charge is -2.13. The molecular weight excluding hydrogens is 387 g/mol. The second-order valence-electron chi connectivity index (χ2n) is 5.15. The number of nitro groups is 1. The summed E-state index contributed by atoms with van der Waals surface area (Å²) in [6.07, 6.45) is 0. The van der Waals surface area contributed by atoms with Gasteiger partial charge in [-0.05, 0) is 12.1 Å². The number of rotatable bonds is 7. The van der Waals surface area contributed by atoms with E-state index in [1.54, 1.807) is 12.1 Å². The summed E-state index contributed by atoms with van der Waals surface area (Å²) in [5, 5.41) is 13.4. The molecule has 156 valence electrons. The quantitative estimate of drug-likeness (QED) is 0.417. The van der Waals surface area contributed by atoms with Crippen LogP contribution in [0.1, 0.15) is 20.8 Å². The zero-order valence-corrected chi connectivity index (χ0v) is 16.4. The fourth-order valence-electron chi connectivity index (χ4n) is 2.02. The average molecular weight is 408 g/mol. The molecule has 0 saturated carbocycles. The maximum atomic E-state index is 14.0. The van der Waals surface area contributed by atoms with E-state index in [1.165, 1.54) is 19.2 Å². The Hall–Kier alpha value is -3.69. The molecule has 0 heterocycles. The lowest BCUT2D eigenvalue weighted by molar-refractivity contribution is -0.385. The number of esters is 1. The SMILES string of the molecule is CC.COC(=O)COc1ccccc1Oc1cc(NC(C)=O)c(F)cc1[N+](=O)[O-]. The molecule has 2 aromatic carbocycles. The van der Waals surface area contributed by atoms with Crippen LogP contribution in [-0.2, 0) is 14.3 Å². The molecule has 0 radical (unpaired) electrons. The molecule has 0 aliphatic carbocycles. The Bertz CT molecular complexity index is 887. The van der Waals surface area contributed by atoms with Gasteiger partial charge in [-0.1, -0.05) is 26.0 Å². The summed E-state index contributed by atoms with van der Waals surface area (Å²) in [5.74, 6) is -2.34. The molecule has 0 unspecified atom stereocenters. The van der Waals surface area contributed by atoms with Gasteiger partial charge in [0.25, 0.3) is 0 Å². The number of benzene rings is 2. The smallest absolute Gasteiger partial charge is 0.343 e. The maximum absolute atomic E-state index is 14.0. The number of carbonyl (C=O) groups is 2. The highest BCUT2D eigenvalue weighted by atomic mass is 19.1. The van der Waals surface area contributed by atoms with E-state index in [0.29, 0.717) is 6.07 Å². The summed E-state index contributed by atoms with van der Waals surface area (Å²) in [6, 6.07) is 7.72. The number of hydrogen-bond acceptors (Lipinski definition) is 7. The highest BCUT2D eigenvalue weighted by molar-refractivity contribution is 5.89. The number of amides is 1. The Kier molecular flexibility index (Phi) is 9.03. The van der Waals surface area contributed by atoms with Crippen molar-refractivity contribution in [3.05, 3.63) is 52.3 Å². The Balaban J connectivity index is 0.00000204. The fraction of sp³-hybridized carbons (Fsp3) is 0.263. The first-order chi connectivity index (χ1) is 13.8. The van der Waals surface area contributed by atoms with Gasteiger partial charge in [-0.15, -0.1) is 0 Å². The summed E-state index contributed by atoms with van der Waals surface area (Å²) in [6.45, 7) is 4.76. The first-order valence-electron chi connectivity index (χ1n) is 8.54. The van der Waals surface area contributed by atoms with Gasteiger partial charge in [0.05, 0.1) is 23.8 Å². The van der Waals surface area contributed by atoms with Gasteiger partial charge in [0.2, 0.25) is 11.7 Å². The van der Waals surface area contributed by atoms with Crippen molar-refractivity contribution in [2.45, 2.75) is 20.8 Å². The predicted molar refractivity (Wildman–Crippen MR) is 103 cm³/mol. The van der Waals surface area contributed by atoms with Gasteiger partial charge >= 0.3 is 11.7 Å². The van der Waals surface area contributed by atoms with Crippen molar-refractivity contribution in [3.8, 4) is 17.2 Å².